The van der Waals surface area contributed by atoms with Gasteiger partial charge in [-0.3, -0.25) is 0 Å². The van der Waals surface area contributed by atoms with Gasteiger partial charge in [-0.25, -0.2) is 4.99 Å². The molecule has 2 nitrogen and oxygen atoms in total. The molecule has 0 spiro atoms. The Morgan fingerprint density at radius 2 is 2.23 bits per heavy atom. The van der Waals surface area contributed by atoms with E-state index in [1.165, 1.54) is 0 Å². The summed E-state index contributed by atoms with van der Waals surface area (Å²) in [7, 11) is 0. The fraction of sp³-hybridized carbons (Fsp3) is 0.111. The van der Waals surface area contributed by atoms with Gasteiger partial charge in [0.05, 0.1) is 5.02 Å². The van der Waals surface area contributed by atoms with Crippen molar-refractivity contribution in [1.29, 1.82) is 0 Å². The standard InChI is InChI=1S/C9H7ClN2S/c10-6-3-1-2-5-4-7(13)12-9(11)8(5)6/h1-3H,4H2,(H2,11,12,13). The predicted octanol–water partition coefficient (Wildman–Crippen LogP) is 1.93. The minimum Gasteiger partial charge on any atom is -0.383 e. The fourth-order valence-corrected chi connectivity index (χ4v) is 1.94. The van der Waals surface area contributed by atoms with Crippen LogP contribution in [0.4, 0.5) is 0 Å². The topological polar surface area (TPSA) is 38.4 Å². The van der Waals surface area contributed by atoms with Crippen LogP contribution < -0.4 is 5.73 Å². The van der Waals surface area contributed by atoms with E-state index >= 15 is 0 Å². The van der Waals surface area contributed by atoms with E-state index in [9.17, 15) is 0 Å². The third-order valence-corrected chi connectivity index (χ3v) is 2.49. The molecule has 2 N–H and O–H groups in total. The van der Waals surface area contributed by atoms with Crippen molar-refractivity contribution < 1.29 is 0 Å². The maximum atomic E-state index is 5.98. The number of rotatable bonds is 0. The molecule has 0 aromatic heterocycles. The second-order valence-corrected chi connectivity index (χ2v) is 3.72. The van der Waals surface area contributed by atoms with Crippen molar-refractivity contribution >= 4 is 34.6 Å². The molecule has 66 valence electrons. The molecular formula is C9H7ClN2S. The molecule has 4 heteroatoms. The second kappa shape index (κ2) is 3.09. The molecule has 0 unspecified atom stereocenters. The molecule has 13 heavy (non-hydrogen) atoms. The first kappa shape index (κ1) is 8.66. The van der Waals surface area contributed by atoms with Crippen LogP contribution in [0.2, 0.25) is 5.02 Å². The van der Waals surface area contributed by atoms with E-state index in [4.69, 9.17) is 29.6 Å². The Kier molecular flexibility index (Phi) is 2.06. The monoisotopic (exact) mass is 210 g/mol. The summed E-state index contributed by atoms with van der Waals surface area (Å²) in [5.74, 6) is 0.428. The highest BCUT2D eigenvalue weighted by Crippen LogP contribution is 2.23. The summed E-state index contributed by atoms with van der Waals surface area (Å²) in [6.07, 6.45) is 0.659. The van der Waals surface area contributed by atoms with Crippen LogP contribution >= 0.6 is 23.8 Å². The smallest absolute Gasteiger partial charge is 0.133 e. The van der Waals surface area contributed by atoms with Crippen molar-refractivity contribution in [2.75, 3.05) is 0 Å². The summed E-state index contributed by atoms with van der Waals surface area (Å²) in [6.45, 7) is 0. The van der Waals surface area contributed by atoms with Crippen LogP contribution in [0.15, 0.2) is 23.2 Å². The minimum atomic E-state index is 0.428. The van der Waals surface area contributed by atoms with Gasteiger partial charge in [-0.2, -0.15) is 0 Å². The molecule has 1 aromatic carbocycles. The molecular weight excluding hydrogens is 204 g/mol. The maximum Gasteiger partial charge on any atom is 0.133 e. The predicted molar refractivity (Wildman–Crippen MR) is 58.5 cm³/mol. The minimum absolute atomic E-state index is 0.428. The number of thiocarbonyl (C=S) groups is 1. The molecule has 0 radical (unpaired) electrons. The summed E-state index contributed by atoms with van der Waals surface area (Å²) < 4.78 is 0. The van der Waals surface area contributed by atoms with Gasteiger partial charge < -0.3 is 5.73 Å². The zero-order valence-electron chi connectivity index (χ0n) is 6.75. The molecule has 0 atom stereocenters. The van der Waals surface area contributed by atoms with Crippen molar-refractivity contribution in [3.63, 3.8) is 0 Å². The number of hydrogen-bond donors (Lipinski definition) is 1. The van der Waals surface area contributed by atoms with Crippen LogP contribution in [0.25, 0.3) is 0 Å². The fourth-order valence-electron chi connectivity index (χ4n) is 1.40. The quantitative estimate of drug-likeness (QED) is 0.665. The van der Waals surface area contributed by atoms with Gasteiger partial charge in [-0.1, -0.05) is 36.0 Å². The van der Waals surface area contributed by atoms with Crippen LogP contribution in [-0.4, -0.2) is 10.8 Å². The first-order valence-electron chi connectivity index (χ1n) is 3.83. The first-order valence-corrected chi connectivity index (χ1v) is 4.62. The third-order valence-electron chi connectivity index (χ3n) is 1.94. The number of fused-ring (bicyclic) bond motifs is 1. The average molecular weight is 211 g/mol. The zero-order chi connectivity index (χ0) is 9.42. The first-order chi connectivity index (χ1) is 6.18. The van der Waals surface area contributed by atoms with Crippen LogP contribution in [-0.2, 0) is 6.42 Å². The van der Waals surface area contributed by atoms with Crippen molar-refractivity contribution in [2.24, 2.45) is 10.7 Å². The Morgan fingerprint density at radius 1 is 1.46 bits per heavy atom. The lowest BCUT2D eigenvalue weighted by Crippen LogP contribution is -2.23. The van der Waals surface area contributed by atoms with Crippen LogP contribution in [0.1, 0.15) is 11.1 Å². The summed E-state index contributed by atoms with van der Waals surface area (Å²) >= 11 is 11.0. The van der Waals surface area contributed by atoms with Gasteiger partial charge in [-0.15, -0.1) is 0 Å². The van der Waals surface area contributed by atoms with Crippen LogP contribution in [0, 0.1) is 0 Å². The van der Waals surface area contributed by atoms with E-state index in [1.54, 1.807) is 6.07 Å². The Balaban J connectivity index is 2.67. The van der Waals surface area contributed by atoms with Crippen molar-refractivity contribution in [1.82, 2.24) is 0 Å². The zero-order valence-corrected chi connectivity index (χ0v) is 8.32. The molecule has 1 aliphatic rings. The molecule has 1 aliphatic heterocycles. The number of amidine groups is 1. The van der Waals surface area contributed by atoms with Crippen molar-refractivity contribution in [2.45, 2.75) is 6.42 Å². The van der Waals surface area contributed by atoms with E-state index in [0.717, 1.165) is 11.1 Å². The van der Waals surface area contributed by atoms with Gasteiger partial charge >= 0.3 is 0 Å². The number of nitrogens with two attached hydrogens (primary N) is 1. The van der Waals surface area contributed by atoms with Gasteiger partial charge in [-0.05, 0) is 11.6 Å². The molecule has 0 aliphatic carbocycles. The Labute approximate surface area is 86.4 Å². The van der Waals surface area contributed by atoms with Gasteiger partial charge in [0.1, 0.15) is 10.8 Å². The molecule has 2 rings (SSSR count). The molecule has 0 saturated heterocycles. The lowest BCUT2D eigenvalue weighted by atomic mass is 10.0. The van der Waals surface area contributed by atoms with Crippen molar-refractivity contribution in [3.05, 3.63) is 34.3 Å². The Bertz CT molecular complexity index is 412. The number of nitrogens with zero attached hydrogens (tertiary/aromatic N) is 1. The number of halogens is 1. The highest BCUT2D eigenvalue weighted by atomic mass is 35.5. The summed E-state index contributed by atoms with van der Waals surface area (Å²) in [5.41, 5.74) is 7.61. The SMILES string of the molecule is NC1=NC(=S)Cc2cccc(Cl)c21. The number of benzene rings is 1. The highest BCUT2D eigenvalue weighted by Gasteiger charge is 2.16. The van der Waals surface area contributed by atoms with Gasteiger partial charge in [0.2, 0.25) is 0 Å². The van der Waals surface area contributed by atoms with E-state index in [-0.39, 0.29) is 0 Å². The van der Waals surface area contributed by atoms with E-state index < -0.39 is 0 Å². The maximum absolute atomic E-state index is 5.98. The molecule has 0 bridgehead atoms. The summed E-state index contributed by atoms with van der Waals surface area (Å²) in [4.78, 5) is 4.64. The normalized spacial score (nSPS) is 15.2. The van der Waals surface area contributed by atoms with Gasteiger partial charge in [0.25, 0.3) is 0 Å². The summed E-state index contributed by atoms with van der Waals surface area (Å²) in [5, 5.41) is 0.640. The number of hydrogen-bond acceptors (Lipinski definition) is 2. The van der Waals surface area contributed by atoms with Gasteiger partial charge in [0.15, 0.2) is 0 Å². The molecule has 0 amide bonds. The van der Waals surface area contributed by atoms with Crippen LogP contribution in [0.5, 0.6) is 0 Å². The largest absolute Gasteiger partial charge is 0.383 e. The average Bonchev–Trinajstić information content (AvgIpc) is 2.02. The van der Waals surface area contributed by atoms with Gasteiger partial charge in [0, 0.05) is 12.0 Å². The summed E-state index contributed by atoms with van der Waals surface area (Å²) in [6, 6.07) is 5.66. The molecule has 1 heterocycles. The lowest BCUT2D eigenvalue weighted by Gasteiger charge is -2.15. The lowest BCUT2D eigenvalue weighted by molar-refractivity contribution is 1.26. The van der Waals surface area contributed by atoms with Crippen molar-refractivity contribution in [3.8, 4) is 0 Å². The highest BCUT2D eigenvalue weighted by molar-refractivity contribution is 7.80. The third kappa shape index (κ3) is 1.45. The second-order valence-electron chi connectivity index (χ2n) is 2.84. The molecule has 0 saturated carbocycles. The molecule has 0 fully saturated rings. The number of aliphatic imine (C=N–C) groups is 1. The van der Waals surface area contributed by atoms with E-state index in [1.807, 2.05) is 12.1 Å². The Hall–Kier alpha value is -0.930. The Morgan fingerprint density at radius 3 is 3.00 bits per heavy atom. The van der Waals surface area contributed by atoms with E-state index in [0.29, 0.717) is 22.3 Å². The molecule has 1 aromatic rings. The van der Waals surface area contributed by atoms with E-state index in [2.05, 4.69) is 4.99 Å². The van der Waals surface area contributed by atoms with Crippen LogP contribution in [0.3, 0.4) is 0 Å².